The third-order valence-corrected chi connectivity index (χ3v) is 3.90. The summed E-state index contributed by atoms with van der Waals surface area (Å²) >= 11 is 0. The van der Waals surface area contributed by atoms with Crippen molar-refractivity contribution in [3.63, 3.8) is 0 Å². The van der Waals surface area contributed by atoms with Gasteiger partial charge < -0.3 is 15.9 Å². The Balaban J connectivity index is 3.04. The van der Waals surface area contributed by atoms with Gasteiger partial charge in [-0.05, 0) is 31.5 Å². The molecule has 0 aliphatic carbocycles. The Morgan fingerprint density at radius 2 is 2.11 bits per heavy atom. The van der Waals surface area contributed by atoms with E-state index in [0.29, 0.717) is 0 Å². The van der Waals surface area contributed by atoms with Crippen molar-refractivity contribution in [3.8, 4) is 0 Å². The van der Waals surface area contributed by atoms with Crippen LogP contribution in [0.2, 0.25) is 0 Å². The average Bonchev–Trinajstić information content (AvgIpc) is 2.27. The van der Waals surface area contributed by atoms with Crippen LogP contribution in [0.3, 0.4) is 0 Å². The molecule has 0 heterocycles. The second-order valence-corrected chi connectivity index (χ2v) is 5.83. The number of nitrogens with two attached hydrogens (primary N) is 1. The van der Waals surface area contributed by atoms with E-state index in [1.54, 1.807) is 0 Å². The highest BCUT2D eigenvalue weighted by Gasteiger charge is 2.22. The highest BCUT2D eigenvalue weighted by molar-refractivity contribution is 7.89. The van der Waals surface area contributed by atoms with Crippen molar-refractivity contribution in [2.45, 2.75) is 24.3 Å². The minimum absolute atomic E-state index is 0.0173. The molecule has 0 saturated heterocycles. The third kappa shape index (κ3) is 4.19. The summed E-state index contributed by atoms with van der Waals surface area (Å²) in [5.74, 6) is -1.37. The Labute approximate surface area is 111 Å². The first kappa shape index (κ1) is 15.4. The van der Waals surface area contributed by atoms with Gasteiger partial charge in [-0.3, -0.25) is 0 Å². The first-order chi connectivity index (χ1) is 8.74. The molecule has 0 aromatic heterocycles. The molecule has 1 atom stereocenters. The number of anilines is 1. The standard InChI is InChI=1S/C11H16N2O5S/c1-7(14)4-5-13-19(17,18)10-3-2-8(12)6-9(10)11(15)16/h2-3,6-7,13-14H,4-5,12H2,1H3,(H,15,16). The van der Waals surface area contributed by atoms with E-state index in [-0.39, 0.29) is 29.1 Å². The maximum atomic E-state index is 12.0. The van der Waals surface area contributed by atoms with E-state index in [9.17, 15) is 13.2 Å². The summed E-state index contributed by atoms with van der Waals surface area (Å²) in [4.78, 5) is 10.7. The fraction of sp³-hybridized carbons (Fsp3) is 0.364. The molecule has 0 spiro atoms. The van der Waals surface area contributed by atoms with Gasteiger partial charge in [-0.15, -0.1) is 0 Å². The van der Waals surface area contributed by atoms with Gasteiger partial charge in [0.2, 0.25) is 10.0 Å². The number of carbonyl (C=O) groups is 1. The van der Waals surface area contributed by atoms with Crippen LogP contribution in [0.1, 0.15) is 23.7 Å². The number of carboxylic acid groups (broad SMARTS) is 1. The van der Waals surface area contributed by atoms with Gasteiger partial charge in [0.1, 0.15) is 0 Å². The minimum Gasteiger partial charge on any atom is -0.478 e. The Hall–Kier alpha value is -1.64. The smallest absolute Gasteiger partial charge is 0.337 e. The molecule has 0 amide bonds. The summed E-state index contributed by atoms with van der Waals surface area (Å²) in [5.41, 5.74) is 5.22. The Kier molecular flexibility index (Phi) is 4.87. The number of nitrogen functional groups attached to an aromatic ring is 1. The van der Waals surface area contributed by atoms with Gasteiger partial charge in [0.15, 0.2) is 0 Å². The molecular formula is C11H16N2O5S. The van der Waals surface area contributed by atoms with Crippen molar-refractivity contribution >= 4 is 21.7 Å². The highest BCUT2D eigenvalue weighted by Crippen LogP contribution is 2.18. The van der Waals surface area contributed by atoms with Crippen LogP contribution in [0.4, 0.5) is 5.69 Å². The first-order valence-corrected chi connectivity index (χ1v) is 7.03. The van der Waals surface area contributed by atoms with Gasteiger partial charge in [-0.25, -0.2) is 17.9 Å². The van der Waals surface area contributed by atoms with Gasteiger partial charge in [0, 0.05) is 12.2 Å². The van der Waals surface area contributed by atoms with E-state index in [4.69, 9.17) is 15.9 Å². The molecule has 0 saturated carbocycles. The van der Waals surface area contributed by atoms with E-state index in [2.05, 4.69) is 4.72 Å². The van der Waals surface area contributed by atoms with Gasteiger partial charge in [0.25, 0.3) is 0 Å². The number of hydrogen-bond donors (Lipinski definition) is 4. The van der Waals surface area contributed by atoms with Crippen LogP contribution in [-0.2, 0) is 10.0 Å². The third-order valence-electron chi connectivity index (χ3n) is 2.38. The Bertz CT molecular complexity index is 568. The van der Waals surface area contributed by atoms with E-state index in [0.717, 1.165) is 12.1 Å². The fourth-order valence-electron chi connectivity index (χ4n) is 1.43. The highest BCUT2D eigenvalue weighted by atomic mass is 32.2. The summed E-state index contributed by atoms with van der Waals surface area (Å²) in [7, 11) is -3.95. The number of aliphatic hydroxyl groups excluding tert-OH is 1. The van der Waals surface area contributed by atoms with Crippen molar-refractivity contribution < 1.29 is 23.4 Å². The summed E-state index contributed by atoms with van der Waals surface area (Å²) < 4.78 is 26.1. The predicted octanol–water partition coefficient (Wildman–Crippen LogP) is 0.0162. The van der Waals surface area contributed by atoms with Crippen LogP contribution in [0, 0.1) is 0 Å². The number of carboxylic acids is 1. The molecule has 8 heteroatoms. The van der Waals surface area contributed by atoms with Crippen molar-refractivity contribution in [2.75, 3.05) is 12.3 Å². The van der Waals surface area contributed by atoms with Crippen molar-refractivity contribution in [2.24, 2.45) is 0 Å². The molecule has 19 heavy (non-hydrogen) atoms. The van der Waals surface area contributed by atoms with Crippen LogP contribution in [0.15, 0.2) is 23.1 Å². The molecule has 0 aliphatic heterocycles. The van der Waals surface area contributed by atoms with E-state index < -0.39 is 22.1 Å². The molecule has 0 radical (unpaired) electrons. The molecule has 7 nitrogen and oxygen atoms in total. The predicted molar refractivity (Wildman–Crippen MR) is 69.3 cm³/mol. The van der Waals surface area contributed by atoms with Gasteiger partial charge >= 0.3 is 5.97 Å². The molecule has 5 N–H and O–H groups in total. The summed E-state index contributed by atoms with van der Waals surface area (Å²) in [6.07, 6.45) is -0.413. The summed E-state index contributed by atoms with van der Waals surface area (Å²) in [5, 5.41) is 18.0. The lowest BCUT2D eigenvalue weighted by Crippen LogP contribution is -2.28. The monoisotopic (exact) mass is 288 g/mol. The molecule has 1 unspecified atom stereocenters. The average molecular weight is 288 g/mol. The SMILES string of the molecule is CC(O)CCNS(=O)(=O)c1ccc(N)cc1C(=O)O. The molecule has 0 fully saturated rings. The number of sulfonamides is 1. The lowest BCUT2D eigenvalue weighted by molar-refractivity contribution is 0.0692. The van der Waals surface area contributed by atoms with Crippen LogP contribution in [-0.4, -0.2) is 37.2 Å². The number of aliphatic hydroxyl groups is 1. The zero-order valence-corrected chi connectivity index (χ0v) is 11.1. The zero-order chi connectivity index (χ0) is 14.6. The number of nitrogens with one attached hydrogen (secondary N) is 1. The second kappa shape index (κ2) is 6.00. The Morgan fingerprint density at radius 3 is 2.63 bits per heavy atom. The molecule has 1 aromatic rings. The van der Waals surface area contributed by atoms with Crippen molar-refractivity contribution in [1.82, 2.24) is 4.72 Å². The van der Waals surface area contributed by atoms with Crippen LogP contribution < -0.4 is 10.5 Å². The van der Waals surface area contributed by atoms with E-state index in [1.807, 2.05) is 0 Å². The maximum Gasteiger partial charge on any atom is 0.337 e. The Morgan fingerprint density at radius 1 is 1.47 bits per heavy atom. The lowest BCUT2D eigenvalue weighted by Gasteiger charge is -2.10. The molecule has 0 bridgehead atoms. The van der Waals surface area contributed by atoms with Gasteiger partial charge in [-0.1, -0.05) is 0 Å². The molecular weight excluding hydrogens is 272 g/mol. The normalized spacial score (nSPS) is 13.2. The number of rotatable bonds is 6. The second-order valence-electron chi connectivity index (χ2n) is 4.10. The summed E-state index contributed by atoms with van der Waals surface area (Å²) in [6, 6.07) is 3.55. The van der Waals surface area contributed by atoms with E-state index >= 15 is 0 Å². The first-order valence-electron chi connectivity index (χ1n) is 5.54. The number of hydrogen-bond acceptors (Lipinski definition) is 5. The fourth-order valence-corrected chi connectivity index (χ4v) is 2.65. The maximum absolute atomic E-state index is 12.0. The van der Waals surface area contributed by atoms with Crippen molar-refractivity contribution in [1.29, 1.82) is 0 Å². The lowest BCUT2D eigenvalue weighted by atomic mass is 10.2. The number of benzene rings is 1. The van der Waals surface area contributed by atoms with Crippen LogP contribution in [0.5, 0.6) is 0 Å². The molecule has 0 aliphatic rings. The van der Waals surface area contributed by atoms with Crippen LogP contribution >= 0.6 is 0 Å². The molecule has 1 aromatic carbocycles. The number of aromatic carboxylic acids is 1. The largest absolute Gasteiger partial charge is 0.478 e. The van der Waals surface area contributed by atoms with E-state index in [1.165, 1.54) is 13.0 Å². The zero-order valence-electron chi connectivity index (χ0n) is 10.3. The van der Waals surface area contributed by atoms with Crippen molar-refractivity contribution in [3.05, 3.63) is 23.8 Å². The minimum atomic E-state index is -3.95. The quantitative estimate of drug-likeness (QED) is 0.546. The summed E-state index contributed by atoms with van der Waals surface area (Å²) in [6.45, 7) is 1.55. The van der Waals surface area contributed by atoms with Gasteiger partial charge in [-0.2, -0.15) is 0 Å². The molecule has 106 valence electrons. The van der Waals surface area contributed by atoms with Gasteiger partial charge in [0.05, 0.1) is 16.6 Å². The molecule has 1 rings (SSSR count). The topological polar surface area (TPSA) is 130 Å². The van der Waals surface area contributed by atoms with Crippen LogP contribution in [0.25, 0.3) is 0 Å².